The lowest BCUT2D eigenvalue weighted by Crippen LogP contribution is -2.74. The van der Waals surface area contributed by atoms with Gasteiger partial charge < -0.3 is 4.74 Å². The fourth-order valence-electron chi connectivity index (χ4n) is 6.33. The van der Waals surface area contributed by atoms with E-state index in [9.17, 15) is 9.59 Å². The van der Waals surface area contributed by atoms with Gasteiger partial charge in [0.25, 0.3) is 11.8 Å². The fourth-order valence-corrected chi connectivity index (χ4v) is 6.33. The lowest BCUT2D eigenvalue weighted by molar-refractivity contribution is -0.142. The van der Waals surface area contributed by atoms with Gasteiger partial charge in [0, 0.05) is 12.0 Å². The quantitative estimate of drug-likeness (QED) is 0.224. The number of anilines is 2. The number of ether oxygens (including phenoxy) is 1. The van der Waals surface area contributed by atoms with Crippen LogP contribution in [0.4, 0.5) is 11.4 Å². The summed E-state index contributed by atoms with van der Waals surface area (Å²) in [4.78, 5) is 32.3. The highest BCUT2D eigenvalue weighted by Crippen LogP contribution is 2.57. The largest absolute Gasteiger partial charge is 0.478 e. The maximum Gasteiger partial charge on any atom is 0.271 e. The van der Waals surface area contributed by atoms with Crippen LogP contribution >= 0.6 is 0 Å². The van der Waals surface area contributed by atoms with Crippen molar-refractivity contribution in [3.8, 4) is 5.75 Å². The average Bonchev–Trinajstić information content (AvgIpc) is 3.16. The van der Waals surface area contributed by atoms with Crippen molar-refractivity contribution >= 4 is 23.2 Å². The summed E-state index contributed by atoms with van der Waals surface area (Å²) in [6, 6.07) is 46.3. The third-order valence-electron chi connectivity index (χ3n) is 8.17. The van der Waals surface area contributed by atoms with Crippen LogP contribution in [0.1, 0.15) is 33.9 Å². The molecule has 5 aromatic rings. The molecule has 41 heavy (non-hydrogen) atoms. The maximum absolute atomic E-state index is 14.4. The van der Waals surface area contributed by atoms with Gasteiger partial charge in [-0.15, -0.1) is 0 Å². The molecule has 1 fully saturated rings. The molecule has 1 saturated heterocycles. The van der Waals surface area contributed by atoms with E-state index in [0.717, 1.165) is 11.1 Å². The van der Waals surface area contributed by atoms with Crippen molar-refractivity contribution in [2.24, 2.45) is 0 Å². The molecule has 0 saturated carbocycles. The fraction of sp³-hybridized carbons (Fsp3) is 0.111. The number of benzene rings is 5. The lowest BCUT2D eigenvalue weighted by atomic mass is 9.70. The normalized spacial score (nSPS) is 21.2. The molecule has 0 spiro atoms. The number of amides is 2. The van der Waals surface area contributed by atoms with E-state index in [2.05, 4.69) is 24.3 Å². The zero-order valence-electron chi connectivity index (χ0n) is 22.3. The van der Waals surface area contributed by atoms with Crippen molar-refractivity contribution in [3.05, 3.63) is 162 Å². The second-order valence-electron chi connectivity index (χ2n) is 10.4. The minimum atomic E-state index is -0.865. The Morgan fingerprint density at radius 1 is 0.659 bits per heavy atom. The van der Waals surface area contributed by atoms with Gasteiger partial charge >= 0.3 is 0 Å². The summed E-state index contributed by atoms with van der Waals surface area (Å²) in [6.07, 6.45) is -0.337. The Bertz CT molecular complexity index is 1690. The molecular weight excluding hydrogens is 508 g/mol. The van der Waals surface area contributed by atoms with Gasteiger partial charge in [0.1, 0.15) is 11.3 Å². The Balaban J connectivity index is 1.48. The molecule has 0 bridgehead atoms. The Labute approximate surface area is 239 Å². The first-order valence-corrected chi connectivity index (χ1v) is 13.8. The second-order valence-corrected chi connectivity index (χ2v) is 10.4. The lowest BCUT2D eigenvalue weighted by Gasteiger charge is -2.56. The first-order valence-electron chi connectivity index (χ1n) is 13.8. The molecule has 0 unspecified atom stereocenters. The number of carbonyl (C=O) groups excluding carboxylic acids is 2. The first-order chi connectivity index (χ1) is 20.2. The van der Waals surface area contributed by atoms with Gasteiger partial charge in [-0.3, -0.25) is 19.4 Å². The predicted octanol–water partition coefficient (Wildman–Crippen LogP) is 7.17. The standard InChI is InChI=1S/C36H28N2O3/c39-34(27-17-7-2-8-18-27)37-30-23-13-14-24-31(30)38-35(40)33(41-29-21-11-4-12-22-29)36(38,28-19-9-3-10-20-28)25-32(37)26-15-5-1-6-16-26/h1-24,32-33H,25H2/t32-,33-,36+/m1/s1. The molecule has 0 aliphatic carbocycles. The van der Waals surface area contributed by atoms with Crippen LogP contribution in [0.25, 0.3) is 0 Å². The van der Waals surface area contributed by atoms with Crippen molar-refractivity contribution < 1.29 is 14.3 Å². The summed E-state index contributed by atoms with van der Waals surface area (Å²) >= 11 is 0. The van der Waals surface area contributed by atoms with Crippen LogP contribution in [0.3, 0.4) is 0 Å². The van der Waals surface area contributed by atoms with E-state index in [0.29, 0.717) is 29.1 Å². The van der Waals surface area contributed by atoms with E-state index in [-0.39, 0.29) is 17.9 Å². The van der Waals surface area contributed by atoms with Crippen LogP contribution in [0.5, 0.6) is 5.75 Å². The van der Waals surface area contributed by atoms with Crippen molar-refractivity contribution in [2.75, 3.05) is 9.80 Å². The minimum Gasteiger partial charge on any atom is -0.478 e. The highest BCUT2D eigenvalue weighted by atomic mass is 16.5. The molecule has 5 heteroatoms. The number of β-lactam (4-membered cyclic amide) rings is 1. The molecule has 2 aliphatic rings. The molecule has 3 atom stereocenters. The summed E-state index contributed by atoms with van der Waals surface area (Å²) in [5.41, 5.74) is 3.06. The molecule has 7 rings (SSSR count). The zero-order valence-corrected chi connectivity index (χ0v) is 22.3. The predicted molar refractivity (Wildman–Crippen MR) is 160 cm³/mol. The number of rotatable bonds is 5. The van der Waals surface area contributed by atoms with Crippen LogP contribution in [0.15, 0.2) is 146 Å². The Hall–Kier alpha value is -5.16. The van der Waals surface area contributed by atoms with Gasteiger partial charge in [-0.25, -0.2) is 0 Å². The Kier molecular flexibility index (Phi) is 6.12. The molecule has 5 nitrogen and oxygen atoms in total. The van der Waals surface area contributed by atoms with Gasteiger partial charge in [-0.1, -0.05) is 109 Å². The van der Waals surface area contributed by atoms with Crippen LogP contribution in [0, 0.1) is 0 Å². The molecule has 200 valence electrons. The summed E-state index contributed by atoms with van der Waals surface area (Å²) in [5.74, 6) is 0.378. The highest BCUT2D eigenvalue weighted by molar-refractivity contribution is 6.14. The van der Waals surface area contributed by atoms with E-state index in [4.69, 9.17) is 4.74 Å². The number of hydrogen-bond acceptors (Lipinski definition) is 3. The molecule has 2 aliphatic heterocycles. The summed E-state index contributed by atoms with van der Waals surface area (Å²) in [7, 11) is 0. The van der Waals surface area contributed by atoms with Gasteiger partial charge in [0.15, 0.2) is 0 Å². The maximum atomic E-state index is 14.4. The molecule has 2 heterocycles. The van der Waals surface area contributed by atoms with Crippen molar-refractivity contribution in [1.29, 1.82) is 0 Å². The van der Waals surface area contributed by atoms with E-state index in [1.165, 1.54) is 0 Å². The SMILES string of the molecule is O=C(c1ccccc1)N1c2ccccc2N2C(=O)[C@@H](Oc3ccccc3)[C@@]2(c2ccccc2)C[C@@H]1c1ccccc1. The molecule has 0 N–H and O–H groups in total. The van der Waals surface area contributed by atoms with Crippen LogP contribution in [-0.4, -0.2) is 17.9 Å². The third-order valence-corrected chi connectivity index (χ3v) is 8.17. The van der Waals surface area contributed by atoms with Crippen LogP contribution < -0.4 is 14.5 Å². The Morgan fingerprint density at radius 3 is 1.85 bits per heavy atom. The highest BCUT2D eigenvalue weighted by Gasteiger charge is 2.66. The van der Waals surface area contributed by atoms with Gasteiger partial charge in [-0.05, 0) is 47.5 Å². The van der Waals surface area contributed by atoms with Crippen LogP contribution in [-0.2, 0) is 10.3 Å². The first kappa shape index (κ1) is 24.9. The molecule has 0 radical (unpaired) electrons. The second kappa shape index (κ2) is 10.1. The summed E-state index contributed by atoms with van der Waals surface area (Å²) < 4.78 is 6.53. The monoisotopic (exact) mass is 536 g/mol. The number of hydrogen-bond donors (Lipinski definition) is 0. The third kappa shape index (κ3) is 4.01. The van der Waals surface area contributed by atoms with Crippen molar-refractivity contribution in [1.82, 2.24) is 0 Å². The number of para-hydroxylation sites is 3. The molecular formula is C36H28N2O3. The number of fused-ring (bicyclic) bond motifs is 3. The van der Waals surface area contributed by atoms with E-state index >= 15 is 0 Å². The Morgan fingerprint density at radius 2 is 1.20 bits per heavy atom. The van der Waals surface area contributed by atoms with Gasteiger partial charge in [0.2, 0.25) is 6.10 Å². The van der Waals surface area contributed by atoms with Crippen LogP contribution in [0.2, 0.25) is 0 Å². The topological polar surface area (TPSA) is 49.9 Å². The van der Waals surface area contributed by atoms with E-state index in [1.807, 2.05) is 131 Å². The molecule has 2 amide bonds. The number of nitrogens with zero attached hydrogens (tertiary/aromatic N) is 2. The van der Waals surface area contributed by atoms with Gasteiger partial charge in [-0.2, -0.15) is 0 Å². The van der Waals surface area contributed by atoms with Gasteiger partial charge in [0.05, 0.1) is 17.4 Å². The minimum absolute atomic E-state index is 0.120. The number of carbonyl (C=O) groups is 2. The van der Waals surface area contributed by atoms with Crippen molar-refractivity contribution in [3.63, 3.8) is 0 Å². The zero-order chi connectivity index (χ0) is 27.8. The van der Waals surface area contributed by atoms with E-state index < -0.39 is 11.6 Å². The summed E-state index contributed by atoms with van der Waals surface area (Å²) in [6.45, 7) is 0. The van der Waals surface area contributed by atoms with Crippen molar-refractivity contribution in [2.45, 2.75) is 24.1 Å². The average molecular weight is 537 g/mol. The van der Waals surface area contributed by atoms with E-state index in [1.54, 1.807) is 0 Å². The summed E-state index contributed by atoms with van der Waals surface area (Å²) in [5, 5.41) is 0. The smallest absolute Gasteiger partial charge is 0.271 e. The molecule has 5 aromatic carbocycles. The molecule has 0 aromatic heterocycles.